The first-order valence-corrected chi connectivity index (χ1v) is 9.85. The van der Waals surface area contributed by atoms with Gasteiger partial charge in [-0.1, -0.05) is 39.8 Å². The SMILES string of the molecule is CCCN(CC)S(=O)(=O)c1cccc2cc(CC)c(CC)nc12. The van der Waals surface area contributed by atoms with Crippen molar-refractivity contribution in [2.45, 2.75) is 51.9 Å². The van der Waals surface area contributed by atoms with Crippen LogP contribution in [0.4, 0.5) is 0 Å². The molecule has 23 heavy (non-hydrogen) atoms. The molecule has 0 aliphatic rings. The van der Waals surface area contributed by atoms with Crippen LogP contribution in [0.25, 0.3) is 10.9 Å². The quantitative estimate of drug-likeness (QED) is 0.774. The molecule has 0 N–H and O–H groups in total. The van der Waals surface area contributed by atoms with E-state index in [0.717, 1.165) is 30.3 Å². The van der Waals surface area contributed by atoms with Crippen LogP contribution >= 0.6 is 0 Å². The largest absolute Gasteiger partial charge is 0.251 e. The predicted octanol–water partition coefficient (Wildman–Crippen LogP) is 3.78. The molecule has 0 amide bonds. The van der Waals surface area contributed by atoms with Gasteiger partial charge in [0.1, 0.15) is 4.90 Å². The van der Waals surface area contributed by atoms with Gasteiger partial charge in [-0.05, 0) is 37.0 Å². The normalized spacial score (nSPS) is 12.2. The Morgan fingerprint density at radius 1 is 1.09 bits per heavy atom. The number of fused-ring (bicyclic) bond motifs is 1. The highest BCUT2D eigenvalue weighted by molar-refractivity contribution is 7.89. The molecule has 1 aromatic heterocycles. The van der Waals surface area contributed by atoms with E-state index in [1.165, 1.54) is 9.87 Å². The predicted molar refractivity (Wildman–Crippen MR) is 95.2 cm³/mol. The first kappa shape index (κ1) is 17.9. The molecule has 0 atom stereocenters. The van der Waals surface area contributed by atoms with E-state index in [0.29, 0.717) is 23.5 Å². The Morgan fingerprint density at radius 2 is 1.83 bits per heavy atom. The molecule has 0 aliphatic carbocycles. The van der Waals surface area contributed by atoms with Crippen molar-refractivity contribution in [2.75, 3.05) is 13.1 Å². The Morgan fingerprint density at radius 3 is 2.39 bits per heavy atom. The molecule has 0 bridgehead atoms. The van der Waals surface area contributed by atoms with Crippen LogP contribution in [-0.2, 0) is 22.9 Å². The number of aryl methyl sites for hydroxylation is 2. The Labute approximate surface area is 139 Å². The number of hydrogen-bond acceptors (Lipinski definition) is 3. The van der Waals surface area contributed by atoms with Gasteiger partial charge >= 0.3 is 0 Å². The number of pyridine rings is 1. The first-order chi connectivity index (χ1) is 11.0. The molecular formula is C18H26N2O2S. The lowest BCUT2D eigenvalue weighted by atomic mass is 10.1. The van der Waals surface area contributed by atoms with Crippen molar-refractivity contribution in [3.05, 3.63) is 35.5 Å². The van der Waals surface area contributed by atoms with Gasteiger partial charge in [0.15, 0.2) is 0 Å². The summed E-state index contributed by atoms with van der Waals surface area (Å²) in [6, 6.07) is 7.50. The van der Waals surface area contributed by atoms with E-state index in [-0.39, 0.29) is 0 Å². The van der Waals surface area contributed by atoms with E-state index < -0.39 is 10.0 Å². The maximum absolute atomic E-state index is 13.0. The van der Waals surface area contributed by atoms with E-state index in [4.69, 9.17) is 4.98 Å². The number of aromatic nitrogens is 1. The maximum atomic E-state index is 13.0. The fourth-order valence-corrected chi connectivity index (χ4v) is 4.61. The summed E-state index contributed by atoms with van der Waals surface area (Å²) in [7, 11) is -3.51. The van der Waals surface area contributed by atoms with Gasteiger partial charge in [0.2, 0.25) is 10.0 Å². The van der Waals surface area contributed by atoms with E-state index in [9.17, 15) is 8.42 Å². The number of hydrogen-bond donors (Lipinski definition) is 0. The van der Waals surface area contributed by atoms with Gasteiger partial charge in [-0.3, -0.25) is 4.98 Å². The van der Waals surface area contributed by atoms with Crippen LogP contribution in [0.2, 0.25) is 0 Å². The summed E-state index contributed by atoms with van der Waals surface area (Å²) in [4.78, 5) is 5.02. The number of nitrogens with zero attached hydrogens (tertiary/aromatic N) is 2. The minimum atomic E-state index is -3.51. The molecule has 0 aliphatic heterocycles. The Hall–Kier alpha value is -1.46. The molecule has 5 heteroatoms. The van der Waals surface area contributed by atoms with Crippen LogP contribution in [0.1, 0.15) is 45.4 Å². The van der Waals surface area contributed by atoms with Gasteiger partial charge in [-0.15, -0.1) is 0 Å². The van der Waals surface area contributed by atoms with Crippen molar-refractivity contribution in [2.24, 2.45) is 0 Å². The van der Waals surface area contributed by atoms with Crippen LogP contribution in [-0.4, -0.2) is 30.8 Å². The van der Waals surface area contributed by atoms with E-state index in [1.54, 1.807) is 6.07 Å². The zero-order valence-corrected chi connectivity index (χ0v) is 15.3. The van der Waals surface area contributed by atoms with Crippen LogP contribution in [0.5, 0.6) is 0 Å². The zero-order valence-electron chi connectivity index (χ0n) is 14.5. The molecule has 0 fully saturated rings. The highest BCUT2D eigenvalue weighted by Gasteiger charge is 2.25. The monoisotopic (exact) mass is 334 g/mol. The van der Waals surface area contributed by atoms with Crippen LogP contribution in [0, 0.1) is 0 Å². The highest BCUT2D eigenvalue weighted by atomic mass is 32.2. The van der Waals surface area contributed by atoms with Crippen molar-refractivity contribution < 1.29 is 8.42 Å². The molecule has 4 nitrogen and oxygen atoms in total. The standard InChI is InChI=1S/C18H26N2O2S/c1-5-12-20(8-4)23(21,22)17-11-9-10-15-13-14(6-2)16(7-3)19-18(15)17/h9-11,13H,5-8,12H2,1-4H3. The molecule has 1 aromatic carbocycles. The average molecular weight is 334 g/mol. The summed E-state index contributed by atoms with van der Waals surface area (Å²) in [6.07, 6.45) is 2.51. The van der Waals surface area contributed by atoms with E-state index in [1.807, 2.05) is 26.0 Å². The lowest BCUT2D eigenvalue weighted by Crippen LogP contribution is -2.31. The maximum Gasteiger partial charge on any atom is 0.245 e. The van der Waals surface area contributed by atoms with E-state index in [2.05, 4.69) is 19.9 Å². The zero-order chi connectivity index (χ0) is 17.0. The van der Waals surface area contributed by atoms with Gasteiger partial charge in [0, 0.05) is 24.2 Å². The van der Waals surface area contributed by atoms with Crippen LogP contribution < -0.4 is 0 Å². The minimum absolute atomic E-state index is 0.322. The Kier molecular flexibility index (Phi) is 5.76. The minimum Gasteiger partial charge on any atom is -0.251 e. The second kappa shape index (κ2) is 7.41. The molecular weight excluding hydrogens is 308 g/mol. The lowest BCUT2D eigenvalue weighted by Gasteiger charge is -2.21. The summed E-state index contributed by atoms with van der Waals surface area (Å²) in [5.74, 6) is 0. The molecule has 0 saturated carbocycles. The van der Waals surface area contributed by atoms with Crippen molar-refractivity contribution in [1.29, 1.82) is 0 Å². The first-order valence-electron chi connectivity index (χ1n) is 8.41. The van der Waals surface area contributed by atoms with Gasteiger partial charge in [-0.25, -0.2) is 8.42 Å². The third-order valence-electron chi connectivity index (χ3n) is 4.14. The molecule has 126 valence electrons. The highest BCUT2D eigenvalue weighted by Crippen LogP contribution is 2.26. The average Bonchev–Trinajstić information content (AvgIpc) is 2.57. The van der Waals surface area contributed by atoms with Crippen molar-refractivity contribution in [1.82, 2.24) is 9.29 Å². The third-order valence-corrected chi connectivity index (χ3v) is 6.14. The second-order valence-electron chi connectivity index (χ2n) is 5.63. The van der Waals surface area contributed by atoms with Gasteiger partial charge < -0.3 is 0 Å². The number of benzene rings is 1. The van der Waals surface area contributed by atoms with Crippen LogP contribution in [0.3, 0.4) is 0 Å². The Balaban J connectivity index is 2.70. The van der Waals surface area contributed by atoms with Gasteiger partial charge in [0.05, 0.1) is 5.52 Å². The van der Waals surface area contributed by atoms with Crippen LogP contribution in [0.15, 0.2) is 29.2 Å². The molecule has 0 unspecified atom stereocenters. The smallest absolute Gasteiger partial charge is 0.245 e. The molecule has 0 radical (unpaired) electrons. The fourth-order valence-electron chi connectivity index (χ4n) is 2.91. The molecule has 2 rings (SSSR count). The second-order valence-corrected chi connectivity index (χ2v) is 7.53. The van der Waals surface area contributed by atoms with Crippen molar-refractivity contribution in [3.63, 3.8) is 0 Å². The van der Waals surface area contributed by atoms with E-state index >= 15 is 0 Å². The van der Waals surface area contributed by atoms with Crippen molar-refractivity contribution >= 4 is 20.9 Å². The van der Waals surface area contributed by atoms with Gasteiger partial charge in [0.25, 0.3) is 0 Å². The topological polar surface area (TPSA) is 50.3 Å². The van der Waals surface area contributed by atoms with Gasteiger partial charge in [-0.2, -0.15) is 4.31 Å². The summed E-state index contributed by atoms with van der Waals surface area (Å²) in [5, 5.41) is 0.896. The van der Waals surface area contributed by atoms with Crippen molar-refractivity contribution in [3.8, 4) is 0 Å². The molecule has 2 aromatic rings. The third kappa shape index (κ3) is 3.40. The number of para-hydroxylation sites is 1. The lowest BCUT2D eigenvalue weighted by molar-refractivity contribution is 0.427. The summed E-state index contributed by atoms with van der Waals surface area (Å²) >= 11 is 0. The Bertz CT molecular complexity index is 785. The summed E-state index contributed by atoms with van der Waals surface area (Å²) < 4.78 is 27.5. The number of rotatable bonds is 7. The molecule has 1 heterocycles. The fraction of sp³-hybridized carbons (Fsp3) is 0.500. The molecule has 0 spiro atoms. The summed E-state index contributed by atoms with van der Waals surface area (Å²) in [5.41, 5.74) is 2.77. The molecule has 0 saturated heterocycles. The summed E-state index contributed by atoms with van der Waals surface area (Å²) in [6.45, 7) is 9.02. The number of sulfonamides is 1.